The molecule has 0 amide bonds. The molecule has 0 saturated carbocycles. The van der Waals surface area contributed by atoms with E-state index in [1.807, 2.05) is 0 Å². The number of hydrogen-bond acceptors (Lipinski definition) is 3. The molecular weight excluding hydrogens is 327 g/mol. The van der Waals surface area contributed by atoms with Crippen LogP contribution in [0.1, 0.15) is 18.9 Å². The minimum atomic E-state index is -5.47. The van der Waals surface area contributed by atoms with Crippen LogP contribution in [0.3, 0.4) is 0 Å². The van der Waals surface area contributed by atoms with Crippen molar-refractivity contribution < 1.29 is 41.7 Å². The first-order valence-corrected chi connectivity index (χ1v) is 6.19. The lowest BCUT2D eigenvalue weighted by Gasteiger charge is -2.27. The summed E-state index contributed by atoms with van der Waals surface area (Å²) in [4.78, 5) is 10.9. The second-order valence-electron chi connectivity index (χ2n) is 4.60. The fraction of sp³-hybridized carbons (Fsp3) is 0.357. The van der Waals surface area contributed by atoms with Crippen molar-refractivity contribution >= 4 is 11.5 Å². The molecule has 0 radical (unpaired) electrons. The van der Waals surface area contributed by atoms with Gasteiger partial charge in [-0.25, -0.2) is 9.18 Å². The van der Waals surface area contributed by atoms with Gasteiger partial charge in [-0.1, -0.05) is 6.08 Å². The normalized spacial score (nSPS) is 15.2. The molecule has 1 aromatic carbocycles. The van der Waals surface area contributed by atoms with Gasteiger partial charge < -0.3 is 14.9 Å². The standard InChI is InChI=1S/C14H13F5O4/c1-3-7(6-13(22,12(20)21)14(17,18)19)8-4-5-9(15)10(16)11(8)23-2/h3-5,22H,6H2,1-2H3,(H,20,21)/t13-/m1/s1. The van der Waals surface area contributed by atoms with E-state index in [0.717, 1.165) is 19.3 Å². The number of rotatable bonds is 5. The van der Waals surface area contributed by atoms with Crippen LogP contribution >= 0.6 is 0 Å². The van der Waals surface area contributed by atoms with Crippen LogP contribution in [0, 0.1) is 11.6 Å². The van der Waals surface area contributed by atoms with E-state index in [-0.39, 0.29) is 11.1 Å². The van der Waals surface area contributed by atoms with Crippen molar-refractivity contribution in [2.45, 2.75) is 25.1 Å². The molecule has 0 aliphatic heterocycles. The summed E-state index contributed by atoms with van der Waals surface area (Å²) in [7, 11) is 0.974. The highest BCUT2D eigenvalue weighted by molar-refractivity contribution is 5.83. The fourth-order valence-electron chi connectivity index (χ4n) is 1.91. The Bertz CT molecular complexity index is 639. The van der Waals surface area contributed by atoms with Gasteiger partial charge in [-0.2, -0.15) is 17.6 Å². The molecule has 128 valence electrons. The average molecular weight is 340 g/mol. The highest BCUT2D eigenvalue weighted by atomic mass is 19.4. The summed E-state index contributed by atoms with van der Waals surface area (Å²) in [6, 6.07) is 1.59. The van der Waals surface area contributed by atoms with Crippen molar-refractivity contribution in [3.8, 4) is 5.75 Å². The van der Waals surface area contributed by atoms with E-state index in [1.54, 1.807) is 0 Å². The molecule has 4 nitrogen and oxygen atoms in total. The number of hydrogen-bond donors (Lipinski definition) is 2. The minimum absolute atomic E-state index is 0.294. The van der Waals surface area contributed by atoms with Crippen molar-refractivity contribution in [3.05, 3.63) is 35.4 Å². The van der Waals surface area contributed by atoms with Gasteiger partial charge in [0, 0.05) is 12.0 Å². The number of allylic oxidation sites excluding steroid dienone is 1. The Balaban J connectivity index is 3.42. The topological polar surface area (TPSA) is 66.8 Å². The van der Waals surface area contributed by atoms with E-state index in [0.29, 0.717) is 6.07 Å². The largest absolute Gasteiger partial charge is 0.493 e. The fourth-order valence-corrected chi connectivity index (χ4v) is 1.91. The Hall–Kier alpha value is -2.16. The monoisotopic (exact) mass is 340 g/mol. The molecule has 0 aromatic heterocycles. The molecule has 0 aliphatic carbocycles. The Morgan fingerprint density at radius 2 is 1.87 bits per heavy atom. The molecule has 9 heteroatoms. The van der Waals surface area contributed by atoms with Gasteiger partial charge in [0.25, 0.3) is 5.60 Å². The van der Waals surface area contributed by atoms with E-state index in [4.69, 9.17) is 5.11 Å². The van der Waals surface area contributed by atoms with Gasteiger partial charge >= 0.3 is 12.1 Å². The molecule has 23 heavy (non-hydrogen) atoms. The predicted octanol–water partition coefficient (Wildman–Crippen LogP) is 3.14. The lowest BCUT2D eigenvalue weighted by Crippen LogP contribution is -2.52. The van der Waals surface area contributed by atoms with Crippen LogP contribution in [-0.2, 0) is 4.79 Å². The number of aliphatic hydroxyl groups is 1. The Morgan fingerprint density at radius 3 is 2.26 bits per heavy atom. The number of methoxy groups -OCH3 is 1. The van der Waals surface area contributed by atoms with Gasteiger partial charge in [0.15, 0.2) is 11.6 Å². The van der Waals surface area contributed by atoms with Gasteiger partial charge in [0.1, 0.15) is 0 Å². The van der Waals surface area contributed by atoms with Gasteiger partial charge in [0.2, 0.25) is 5.82 Å². The first-order valence-electron chi connectivity index (χ1n) is 6.19. The Kier molecular flexibility index (Phi) is 5.36. The molecule has 0 saturated heterocycles. The summed E-state index contributed by atoms with van der Waals surface area (Å²) in [5.74, 6) is -5.92. The quantitative estimate of drug-likeness (QED) is 0.808. The van der Waals surface area contributed by atoms with Gasteiger partial charge in [-0.05, 0) is 24.6 Å². The lowest BCUT2D eigenvalue weighted by atomic mass is 9.89. The molecule has 0 fully saturated rings. The second-order valence-corrected chi connectivity index (χ2v) is 4.60. The van der Waals surface area contributed by atoms with Crippen LogP contribution in [-0.4, -0.2) is 35.1 Å². The summed E-state index contributed by atoms with van der Waals surface area (Å²) >= 11 is 0. The maximum atomic E-state index is 13.7. The van der Waals surface area contributed by atoms with E-state index >= 15 is 0 Å². The van der Waals surface area contributed by atoms with Crippen LogP contribution in [0.25, 0.3) is 5.57 Å². The third-order valence-electron chi connectivity index (χ3n) is 3.22. The number of carboxylic acids is 1. The number of benzene rings is 1. The molecule has 1 aromatic rings. The summed E-state index contributed by atoms with van der Waals surface area (Å²) in [5, 5.41) is 18.2. The Labute approximate surface area is 127 Å². The number of carboxylic acid groups (broad SMARTS) is 1. The van der Waals surface area contributed by atoms with Crippen molar-refractivity contribution in [1.82, 2.24) is 0 Å². The molecule has 2 N–H and O–H groups in total. The van der Waals surface area contributed by atoms with Crippen LogP contribution in [0.4, 0.5) is 22.0 Å². The highest BCUT2D eigenvalue weighted by Gasteiger charge is 2.60. The van der Waals surface area contributed by atoms with Gasteiger partial charge in [0.05, 0.1) is 7.11 Å². The number of carbonyl (C=O) groups is 1. The van der Waals surface area contributed by atoms with E-state index in [9.17, 15) is 31.9 Å². The molecular formula is C14H13F5O4. The number of alkyl halides is 3. The maximum Gasteiger partial charge on any atom is 0.428 e. The molecule has 0 unspecified atom stereocenters. The molecule has 0 spiro atoms. The molecule has 1 rings (SSSR count). The molecule has 1 atom stereocenters. The zero-order valence-corrected chi connectivity index (χ0v) is 12.0. The summed E-state index contributed by atoms with van der Waals surface area (Å²) in [6.07, 6.45) is -5.82. The van der Waals surface area contributed by atoms with Crippen LogP contribution in [0.15, 0.2) is 18.2 Å². The van der Waals surface area contributed by atoms with Crippen molar-refractivity contribution in [2.75, 3.05) is 7.11 Å². The minimum Gasteiger partial charge on any atom is -0.493 e. The SMILES string of the molecule is CC=C(C[C@@](O)(C(=O)O)C(F)(F)F)c1ccc(F)c(F)c1OC. The van der Waals surface area contributed by atoms with E-state index in [1.165, 1.54) is 6.92 Å². The van der Waals surface area contributed by atoms with Gasteiger partial charge in [-0.3, -0.25) is 0 Å². The molecule has 0 heterocycles. The third kappa shape index (κ3) is 3.44. The van der Waals surface area contributed by atoms with Crippen LogP contribution in [0.2, 0.25) is 0 Å². The van der Waals surface area contributed by atoms with E-state index in [2.05, 4.69) is 4.74 Å². The van der Waals surface area contributed by atoms with Crippen LogP contribution in [0.5, 0.6) is 5.75 Å². The third-order valence-corrected chi connectivity index (χ3v) is 3.22. The second kappa shape index (κ2) is 6.53. The summed E-state index contributed by atoms with van der Waals surface area (Å²) in [5.41, 5.74) is -4.74. The summed E-state index contributed by atoms with van der Waals surface area (Å²) < 4.78 is 70.1. The number of ether oxygens (including phenoxy) is 1. The zero-order chi connectivity index (χ0) is 18.0. The first kappa shape index (κ1) is 18.9. The average Bonchev–Trinajstić information content (AvgIpc) is 2.46. The van der Waals surface area contributed by atoms with Gasteiger partial charge in [-0.15, -0.1) is 0 Å². The lowest BCUT2D eigenvalue weighted by molar-refractivity contribution is -0.258. The van der Waals surface area contributed by atoms with E-state index < -0.39 is 41.6 Å². The van der Waals surface area contributed by atoms with Crippen molar-refractivity contribution in [2.24, 2.45) is 0 Å². The molecule has 0 bridgehead atoms. The summed E-state index contributed by atoms with van der Waals surface area (Å²) in [6.45, 7) is 1.26. The smallest absolute Gasteiger partial charge is 0.428 e. The first-order chi connectivity index (χ1) is 10.5. The van der Waals surface area contributed by atoms with Crippen molar-refractivity contribution in [1.29, 1.82) is 0 Å². The van der Waals surface area contributed by atoms with Crippen molar-refractivity contribution in [3.63, 3.8) is 0 Å². The number of aliphatic carboxylic acids is 1. The zero-order valence-electron chi connectivity index (χ0n) is 12.0. The van der Waals surface area contributed by atoms with Crippen LogP contribution < -0.4 is 4.74 Å². The molecule has 0 aliphatic rings. The predicted molar refractivity (Wildman–Crippen MR) is 69.8 cm³/mol. The highest BCUT2D eigenvalue weighted by Crippen LogP contribution is 2.40. The Morgan fingerprint density at radius 1 is 1.30 bits per heavy atom. The number of halogens is 5. The maximum absolute atomic E-state index is 13.7.